The van der Waals surface area contributed by atoms with Crippen molar-refractivity contribution in [2.24, 2.45) is 0 Å². The van der Waals surface area contributed by atoms with Crippen LogP contribution in [-0.2, 0) is 0 Å². The number of pyridine rings is 1. The van der Waals surface area contributed by atoms with Crippen LogP contribution in [0.15, 0.2) is 60.8 Å². The first-order valence-corrected chi connectivity index (χ1v) is 12.2. The van der Waals surface area contributed by atoms with E-state index < -0.39 is 0 Å². The molecule has 2 aliphatic rings. The summed E-state index contributed by atoms with van der Waals surface area (Å²) in [6, 6.07) is 21.3. The summed E-state index contributed by atoms with van der Waals surface area (Å²) in [5.41, 5.74) is 7.00. The van der Waals surface area contributed by atoms with E-state index in [-0.39, 0.29) is 0 Å². The molecule has 1 N–H and O–H groups in total. The summed E-state index contributed by atoms with van der Waals surface area (Å²) in [4.78, 5) is 12.4. The second-order valence-corrected chi connectivity index (χ2v) is 9.40. The van der Waals surface area contributed by atoms with Gasteiger partial charge < -0.3 is 10.2 Å². The molecule has 6 rings (SSSR count). The fourth-order valence-corrected chi connectivity index (χ4v) is 5.09. The summed E-state index contributed by atoms with van der Waals surface area (Å²) >= 11 is 0. The number of nitriles is 1. The minimum atomic E-state index is 0.479. The molecule has 1 aliphatic carbocycles. The van der Waals surface area contributed by atoms with Gasteiger partial charge in [-0.3, -0.25) is 4.57 Å². The lowest BCUT2D eigenvalue weighted by atomic mass is 10.1. The smallest absolute Gasteiger partial charge is 0.167 e. The fourth-order valence-electron chi connectivity index (χ4n) is 5.09. The molecule has 6 heteroatoms. The maximum absolute atomic E-state index is 9.25. The molecule has 170 valence electrons. The number of aromatic nitrogens is 3. The molecule has 0 bridgehead atoms. The molecule has 0 amide bonds. The van der Waals surface area contributed by atoms with Crippen LogP contribution in [0, 0.1) is 11.3 Å². The summed E-state index contributed by atoms with van der Waals surface area (Å²) in [6.45, 7) is 1.98. The summed E-state index contributed by atoms with van der Waals surface area (Å²) in [5, 5.41) is 12.7. The van der Waals surface area contributed by atoms with Gasteiger partial charge in [-0.15, -0.1) is 0 Å². The Balaban J connectivity index is 1.52. The van der Waals surface area contributed by atoms with Gasteiger partial charge in [-0.1, -0.05) is 12.1 Å². The van der Waals surface area contributed by atoms with Crippen LogP contribution in [0.2, 0.25) is 0 Å². The van der Waals surface area contributed by atoms with Crippen LogP contribution in [0.1, 0.15) is 42.7 Å². The van der Waals surface area contributed by atoms with Crippen LogP contribution in [-0.4, -0.2) is 40.7 Å². The molecule has 2 fully saturated rings. The Morgan fingerprint density at radius 3 is 2.50 bits per heavy atom. The summed E-state index contributed by atoms with van der Waals surface area (Å²) < 4.78 is 2.16. The number of hydrogen-bond donors (Lipinski definition) is 1. The van der Waals surface area contributed by atoms with Crippen molar-refractivity contribution < 1.29 is 0 Å². The number of rotatable bonds is 5. The second kappa shape index (κ2) is 8.58. The van der Waals surface area contributed by atoms with E-state index in [9.17, 15) is 5.26 Å². The Bertz CT molecular complexity index is 1360. The third-order valence-corrected chi connectivity index (χ3v) is 7.17. The number of imidazole rings is 1. The molecule has 0 spiro atoms. The predicted molar refractivity (Wildman–Crippen MR) is 135 cm³/mol. The average Bonchev–Trinajstić information content (AvgIpc) is 3.68. The molecule has 0 radical (unpaired) electrons. The number of hydrogen-bond acceptors (Lipinski definition) is 5. The lowest BCUT2D eigenvalue weighted by molar-refractivity contribution is 0.450. The topological polar surface area (TPSA) is 69.8 Å². The highest BCUT2D eigenvalue weighted by Crippen LogP contribution is 2.40. The zero-order valence-electron chi connectivity index (χ0n) is 19.4. The predicted octanol–water partition coefficient (Wildman–Crippen LogP) is 5.02. The van der Waals surface area contributed by atoms with Gasteiger partial charge in [-0.25, -0.2) is 9.97 Å². The standard InChI is InChI=1S/C28H28N6/c1-30-23-3-2-16-33(18-23)25-14-15-31-28-26(25)32-27(22-6-4-19(17-29)5-7-22)34(28)24-12-10-21(11-13-24)20-8-9-20/h4-7,10-15,20,23,30H,2-3,8-9,16,18H2,1H3. The van der Waals surface area contributed by atoms with Crippen molar-refractivity contribution in [3.63, 3.8) is 0 Å². The molecule has 3 heterocycles. The molecule has 2 aromatic heterocycles. The molecule has 1 atom stereocenters. The van der Waals surface area contributed by atoms with Crippen molar-refractivity contribution in [1.29, 1.82) is 5.26 Å². The maximum Gasteiger partial charge on any atom is 0.167 e. The Morgan fingerprint density at radius 1 is 1.00 bits per heavy atom. The third-order valence-electron chi connectivity index (χ3n) is 7.17. The summed E-state index contributed by atoms with van der Waals surface area (Å²) in [7, 11) is 2.04. The molecule has 4 aromatic rings. The van der Waals surface area contributed by atoms with E-state index in [0.29, 0.717) is 11.6 Å². The SMILES string of the molecule is CNC1CCCN(c2ccnc3c2nc(-c2ccc(C#N)cc2)n3-c2ccc(C3CC3)cc2)C1. The van der Waals surface area contributed by atoms with Gasteiger partial charge in [0.2, 0.25) is 0 Å². The molecule has 1 aliphatic heterocycles. The lowest BCUT2D eigenvalue weighted by Gasteiger charge is -2.34. The van der Waals surface area contributed by atoms with E-state index in [1.807, 2.05) is 37.5 Å². The second-order valence-electron chi connectivity index (χ2n) is 9.40. The van der Waals surface area contributed by atoms with Crippen molar-refractivity contribution >= 4 is 16.9 Å². The number of nitrogens with zero attached hydrogens (tertiary/aromatic N) is 5. The maximum atomic E-state index is 9.25. The Morgan fingerprint density at radius 2 is 1.79 bits per heavy atom. The highest BCUT2D eigenvalue weighted by atomic mass is 15.2. The van der Waals surface area contributed by atoms with Gasteiger partial charge in [0.15, 0.2) is 5.65 Å². The van der Waals surface area contributed by atoms with Crippen LogP contribution in [0.4, 0.5) is 5.69 Å². The highest BCUT2D eigenvalue weighted by molar-refractivity contribution is 5.90. The number of fused-ring (bicyclic) bond motifs is 1. The zero-order valence-corrected chi connectivity index (χ0v) is 19.4. The van der Waals surface area contributed by atoms with E-state index in [2.05, 4.69) is 51.2 Å². The number of piperidine rings is 1. The van der Waals surface area contributed by atoms with E-state index in [4.69, 9.17) is 9.97 Å². The van der Waals surface area contributed by atoms with Gasteiger partial charge >= 0.3 is 0 Å². The first-order valence-electron chi connectivity index (χ1n) is 12.2. The average molecular weight is 449 g/mol. The van der Waals surface area contributed by atoms with Gasteiger partial charge in [0.05, 0.1) is 17.3 Å². The minimum absolute atomic E-state index is 0.479. The largest absolute Gasteiger partial charge is 0.368 e. The van der Waals surface area contributed by atoms with Crippen molar-refractivity contribution in [2.75, 3.05) is 25.0 Å². The molecule has 6 nitrogen and oxygen atoms in total. The van der Waals surface area contributed by atoms with E-state index in [1.54, 1.807) is 0 Å². The first kappa shape index (κ1) is 20.9. The monoisotopic (exact) mass is 448 g/mol. The molecule has 34 heavy (non-hydrogen) atoms. The number of likely N-dealkylation sites (N-methyl/N-ethyl adjacent to an activating group) is 1. The van der Waals surface area contributed by atoms with E-state index >= 15 is 0 Å². The molecule has 1 saturated heterocycles. The Hall–Kier alpha value is -3.69. The van der Waals surface area contributed by atoms with Crippen LogP contribution in [0.3, 0.4) is 0 Å². The van der Waals surface area contributed by atoms with E-state index in [0.717, 1.165) is 59.4 Å². The number of nitrogens with one attached hydrogen (secondary N) is 1. The summed E-state index contributed by atoms with van der Waals surface area (Å²) in [6.07, 6.45) is 6.83. The van der Waals surface area contributed by atoms with Crippen LogP contribution < -0.4 is 10.2 Å². The van der Waals surface area contributed by atoms with Gasteiger partial charge in [0.25, 0.3) is 0 Å². The van der Waals surface area contributed by atoms with Crippen LogP contribution in [0.25, 0.3) is 28.2 Å². The van der Waals surface area contributed by atoms with Crippen LogP contribution in [0.5, 0.6) is 0 Å². The minimum Gasteiger partial charge on any atom is -0.368 e. The zero-order chi connectivity index (χ0) is 23.1. The van der Waals surface area contributed by atoms with Gasteiger partial charge in [0, 0.05) is 36.6 Å². The Labute approximate surface area is 199 Å². The molecular weight excluding hydrogens is 420 g/mol. The molecule has 1 saturated carbocycles. The van der Waals surface area contributed by atoms with Crippen molar-refractivity contribution in [3.8, 4) is 23.1 Å². The normalized spacial score (nSPS) is 18.2. The van der Waals surface area contributed by atoms with Crippen molar-refractivity contribution in [1.82, 2.24) is 19.9 Å². The number of benzene rings is 2. The van der Waals surface area contributed by atoms with Crippen molar-refractivity contribution in [2.45, 2.75) is 37.6 Å². The third kappa shape index (κ3) is 3.72. The molecule has 1 unspecified atom stereocenters. The molecule has 2 aromatic carbocycles. The number of anilines is 1. The Kier molecular flexibility index (Phi) is 5.27. The van der Waals surface area contributed by atoms with Crippen molar-refractivity contribution in [3.05, 3.63) is 71.9 Å². The van der Waals surface area contributed by atoms with Crippen LogP contribution >= 0.6 is 0 Å². The lowest BCUT2D eigenvalue weighted by Crippen LogP contribution is -2.44. The van der Waals surface area contributed by atoms with Gasteiger partial charge in [0.1, 0.15) is 11.3 Å². The molecular formula is C28H28N6. The quantitative estimate of drug-likeness (QED) is 0.464. The first-order chi connectivity index (χ1) is 16.7. The fraction of sp³-hybridized carbons (Fsp3) is 0.321. The van der Waals surface area contributed by atoms with Gasteiger partial charge in [-0.05, 0) is 86.7 Å². The highest BCUT2D eigenvalue weighted by Gasteiger charge is 2.25. The van der Waals surface area contributed by atoms with Gasteiger partial charge in [-0.2, -0.15) is 5.26 Å². The summed E-state index contributed by atoms with van der Waals surface area (Å²) in [5.74, 6) is 1.57. The van der Waals surface area contributed by atoms with E-state index in [1.165, 1.54) is 24.8 Å².